The van der Waals surface area contributed by atoms with Crippen molar-refractivity contribution in [2.75, 3.05) is 6.61 Å². The molecule has 19 heavy (non-hydrogen) atoms. The second kappa shape index (κ2) is 4.48. The lowest BCUT2D eigenvalue weighted by atomic mass is 9.87. The van der Waals surface area contributed by atoms with Gasteiger partial charge in [-0.2, -0.15) is 0 Å². The summed E-state index contributed by atoms with van der Waals surface area (Å²) in [6.07, 6.45) is -0.766. The van der Waals surface area contributed by atoms with E-state index in [1.54, 1.807) is 0 Å². The SMILES string of the molecule is Oc1cc2c(cc1O)C(O)C(c1ccccc1)CO2. The molecule has 0 spiro atoms. The highest BCUT2D eigenvalue weighted by atomic mass is 16.5. The molecule has 0 saturated carbocycles. The maximum atomic E-state index is 10.4. The first-order valence-corrected chi connectivity index (χ1v) is 6.08. The van der Waals surface area contributed by atoms with Crippen LogP contribution in [0.4, 0.5) is 0 Å². The Morgan fingerprint density at radius 2 is 1.68 bits per heavy atom. The van der Waals surface area contributed by atoms with Gasteiger partial charge in [-0.05, 0) is 11.6 Å². The van der Waals surface area contributed by atoms with Crippen molar-refractivity contribution in [2.24, 2.45) is 0 Å². The normalized spacial score (nSPS) is 21.5. The first kappa shape index (κ1) is 11.9. The molecule has 4 nitrogen and oxygen atoms in total. The van der Waals surface area contributed by atoms with Crippen LogP contribution >= 0.6 is 0 Å². The molecule has 2 aromatic carbocycles. The highest BCUT2D eigenvalue weighted by Gasteiger charge is 2.31. The third kappa shape index (κ3) is 2.00. The summed E-state index contributed by atoms with van der Waals surface area (Å²) in [5.41, 5.74) is 1.48. The van der Waals surface area contributed by atoms with E-state index in [9.17, 15) is 15.3 Å². The van der Waals surface area contributed by atoms with Gasteiger partial charge in [-0.25, -0.2) is 0 Å². The molecule has 0 aliphatic carbocycles. The van der Waals surface area contributed by atoms with Gasteiger partial charge in [0.15, 0.2) is 11.5 Å². The first-order valence-electron chi connectivity index (χ1n) is 6.08. The Morgan fingerprint density at radius 3 is 2.42 bits per heavy atom. The molecule has 0 fully saturated rings. The second-order valence-electron chi connectivity index (χ2n) is 4.65. The summed E-state index contributed by atoms with van der Waals surface area (Å²) in [4.78, 5) is 0. The molecule has 2 atom stereocenters. The van der Waals surface area contributed by atoms with Crippen molar-refractivity contribution in [3.63, 3.8) is 0 Å². The van der Waals surface area contributed by atoms with E-state index in [-0.39, 0.29) is 17.4 Å². The lowest BCUT2D eigenvalue weighted by Gasteiger charge is -2.30. The zero-order valence-electron chi connectivity index (χ0n) is 10.2. The maximum absolute atomic E-state index is 10.4. The number of phenolic OH excluding ortho intramolecular Hbond substituents is 2. The summed E-state index contributed by atoms with van der Waals surface area (Å²) in [7, 11) is 0. The van der Waals surface area contributed by atoms with E-state index in [4.69, 9.17) is 4.74 Å². The number of rotatable bonds is 1. The zero-order valence-corrected chi connectivity index (χ0v) is 10.2. The van der Waals surface area contributed by atoms with Crippen molar-refractivity contribution in [1.82, 2.24) is 0 Å². The fourth-order valence-electron chi connectivity index (χ4n) is 2.40. The summed E-state index contributed by atoms with van der Waals surface area (Å²) in [5.74, 6) is -0.271. The summed E-state index contributed by atoms with van der Waals surface area (Å²) in [6.45, 7) is 0.336. The van der Waals surface area contributed by atoms with Gasteiger partial charge < -0.3 is 20.1 Å². The van der Waals surface area contributed by atoms with E-state index < -0.39 is 6.10 Å². The Morgan fingerprint density at radius 1 is 1.00 bits per heavy atom. The third-order valence-corrected chi connectivity index (χ3v) is 3.45. The van der Waals surface area contributed by atoms with Crippen molar-refractivity contribution in [3.05, 3.63) is 53.6 Å². The van der Waals surface area contributed by atoms with Crippen LogP contribution in [0.2, 0.25) is 0 Å². The maximum Gasteiger partial charge on any atom is 0.161 e. The highest BCUT2D eigenvalue weighted by Crippen LogP contribution is 2.44. The molecule has 1 aliphatic heterocycles. The van der Waals surface area contributed by atoms with E-state index in [2.05, 4.69) is 0 Å². The minimum Gasteiger partial charge on any atom is -0.504 e. The van der Waals surface area contributed by atoms with Crippen molar-refractivity contribution < 1.29 is 20.1 Å². The van der Waals surface area contributed by atoms with Gasteiger partial charge in [0, 0.05) is 17.5 Å². The average molecular weight is 258 g/mol. The van der Waals surface area contributed by atoms with Gasteiger partial charge in [0.2, 0.25) is 0 Å². The minimum atomic E-state index is -0.766. The van der Waals surface area contributed by atoms with Crippen LogP contribution in [-0.4, -0.2) is 21.9 Å². The summed E-state index contributed by atoms with van der Waals surface area (Å²) in [5, 5.41) is 29.4. The van der Waals surface area contributed by atoms with Crippen molar-refractivity contribution in [3.8, 4) is 17.2 Å². The lowest BCUT2D eigenvalue weighted by molar-refractivity contribution is 0.0883. The third-order valence-electron chi connectivity index (χ3n) is 3.45. The molecule has 3 rings (SSSR count). The van der Waals surface area contributed by atoms with E-state index >= 15 is 0 Å². The van der Waals surface area contributed by atoms with E-state index in [0.29, 0.717) is 17.9 Å². The van der Waals surface area contributed by atoms with Gasteiger partial charge in [-0.1, -0.05) is 30.3 Å². The second-order valence-corrected chi connectivity index (χ2v) is 4.65. The Bertz CT molecular complexity index is 595. The van der Waals surface area contributed by atoms with Gasteiger partial charge in [0.1, 0.15) is 5.75 Å². The summed E-state index contributed by atoms with van der Waals surface area (Å²) < 4.78 is 5.57. The van der Waals surface area contributed by atoms with E-state index in [0.717, 1.165) is 5.56 Å². The molecule has 2 unspecified atom stereocenters. The molecule has 0 aromatic heterocycles. The average Bonchev–Trinajstić information content (AvgIpc) is 2.42. The number of hydrogen-bond donors (Lipinski definition) is 3. The van der Waals surface area contributed by atoms with Gasteiger partial charge in [-0.15, -0.1) is 0 Å². The zero-order chi connectivity index (χ0) is 13.4. The minimum absolute atomic E-state index is 0.183. The molecule has 1 aliphatic rings. The van der Waals surface area contributed by atoms with Crippen LogP contribution in [0.1, 0.15) is 23.1 Å². The largest absolute Gasteiger partial charge is 0.504 e. The van der Waals surface area contributed by atoms with Crippen LogP contribution in [0.3, 0.4) is 0 Å². The molecule has 0 radical (unpaired) electrons. The van der Waals surface area contributed by atoms with Crippen LogP contribution in [-0.2, 0) is 0 Å². The van der Waals surface area contributed by atoms with E-state index in [1.807, 2.05) is 30.3 Å². The van der Waals surface area contributed by atoms with Crippen molar-refractivity contribution in [1.29, 1.82) is 0 Å². The molecule has 2 aromatic rings. The number of aromatic hydroxyl groups is 2. The smallest absolute Gasteiger partial charge is 0.161 e. The topological polar surface area (TPSA) is 69.9 Å². The highest BCUT2D eigenvalue weighted by molar-refractivity contribution is 5.51. The van der Waals surface area contributed by atoms with Crippen molar-refractivity contribution in [2.45, 2.75) is 12.0 Å². The predicted molar refractivity (Wildman–Crippen MR) is 69.4 cm³/mol. The summed E-state index contributed by atoms with van der Waals surface area (Å²) in [6, 6.07) is 12.3. The van der Waals surface area contributed by atoms with Crippen LogP contribution in [0.15, 0.2) is 42.5 Å². The van der Waals surface area contributed by atoms with Gasteiger partial charge in [0.05, 0.1) is 12.7 Å². The number of aliphatic hydroxyl groups excluding tert-OH is 1. The Labute approximate surface area is 110 Å². The molecule has 0 saturated heterocycles. The van der Waals surface area contributed by atoms with Gasteiger partial charge >= 0.3 is 0 Å². The molecule has 0 bridgehead atoms. The Balaban J connectivity index is 2.00. The van der Waals surface area contributed by atoms with Gasteiger partial charge in [-0.3, -0.25) is 0 Å². The number of aliphatic hydroxyl groups is 1. The number of hydrogen-bond acceptors (Lipinski definition) is 4. The molecule has 0 amide bonds. The molecule has 1 heterocycles. The lowest BCUT2D eigenvalue weighted by Crippen LogP contribution is -2.24. The number of ether oxygens (including phenoxy) is 1. The van der Waals surface area contributed by atoms with Crippen LogP contribution in [0, 0.1) is 0 Å². The molecule has 98 valence electrons. The van der Waals surface area contributed by atoms with Crippen LogP contribution < -0.4 is 4.74 Å². The predicted octanol–water partition coefficient (Wildman–Crippen LogP) is 2.31. The monoisotopic (exact) mass is 258 g/mol. The van der Waals surface area contributed by atoms with E-state index in [1.165, 1.54) is 12.1 Å². The van der Waals surface area contributed by atoms with Crippen LogP contribution in [0.25, 0.3) is 0 Å². The number of fused-ring (bicyclic) bond motifs is 1. The standard InChI is InChI=1S/C15H14O4/c16-12-6-10-14(7-13(12)17)19-8-11(15(10)18)9-4-2-1-3-5-9/h1-7,11,15-18H,8H2. The quantitative estimate of drug-likeness (QED) is 0.686. The molecular weight excluding hydrogens is 244 g/mol. The fourth-order valence-corrected chi connectivity index (χ4v) is 2.40. The van der Waals surface area contributed by atoms with Crippen LogP contribution in [0.5, 0.6) is 17.2 Å². The summed E-state index contributed by atoms with van der Waals surface area (Å²) >= 11 is 0. The first-order chi connectivity index (χ1) is 9.16. The Hall–Kier alpha value is -2.20. The number of phenols is 2. The molecular formula is C15H14O4. The Kier molecular flexibility index (Phi) is 2.80. The number of benzene rings is 2. The molecule has 4 heteroatoms. The molecule has 3 N–H and O–H groups in total. The van der Waals surface area contributed by atoms with Crippen molar-refractivity contribution >= 4 is 0 Å². The van der Waals surface area contributed by atoms with Gasteiger partial charge in [0.25, 0.3) is 0 Å². The fraction of sp³-hybridized carbons (Fsp3) is 0.200.